The number of thioether (sulfide) groups is 1. The first kappa shape index (κ1) is 21.9. The van der Waals surface area contributed by atoms with Crippen LogP contribution < -0.4 is 4.90 Å². The fourth-order valence-electron chi connectivity index (χ4n) is 4.27. The van der Waals surface area contributed by atoms with Crippen LogP contribution in [0.5, 0.6) is 0 Å². The van der Waals surface area contributed by atoms with Gasteiger partial charge in [0.25, 0.3) is 11.1 Å². The van der Waals surface area contributed by atoms with Crippen molar-refractivity contribution in [2.24, 2.45) is 0 Å². The number of carbonyl (C=O) groups excluding carboxylic acids is 3. The maximum Gasteiger partial charge on any atom is 0.294 e. The van der Waals surface area contributed by atoms with Crippen molar-refractivity contribution in [1.82, 2.24) is 9.80 Å². The number of imide groups is 1. The van der Waals surface area contributed by atoms with E-state index < -0.39 is 0 Å². The molecule has 0 bridgehead atoms. The van der Waals surface area contributed by atoms with E-state index in [0.717, 1.165) is 85.5 Å². The van der Waals surface area contributed by atoms with E-state index in [1.165, 1.54) is 0 Å². The number of nitrogens with zero attached hydrogens (tertiary/aromatic N) is 3. The molecule has 0 saturated carbocycles. The van der Waals surface area contributed by atoms with Gasteiger partial charge in [-0.15, -0.1) is 0 Å². The van der Waals surface area contributed by atoms with Gasteiger partial charge in [0.15, 0.2) is 0 Å². The lowest BCUT2D eigenvalue weighted by Gasteiger charge is -2.30. The van der Waals surface area contributed by atoms with Crippen LogP contribution in [0.2, 0.25) is 0 Å². The molecule has 7 nitrogen and oxygen atoms in total. The molecule has 0 spiro atoms. The Bertz CT molecular complexity index is 887. The van der Waals surface area contributed by atoms with Crippen molar-refractivity contribution in [2.75, 3.05) is 50.8 Å². The number of carbonyl (C=O) groups is 3. The second-order valence-corrected chi connectivity index (χ2v) is 9.20. The number of benzene rings is 1. The summed E-state index contributed by atoms with van der Waals surface area (Å²) < 4.78 is 5.42. The quantitative estimate of drug-likeness (QED) is 0.666. The maximum absolute atomic E-state index is 12.8. The average Bonchev–Trinajstić information content (AvgIpc) is 2.97. The van der Waals surface area contributed by atoms with Crippen LogP contribution in [-0.2, 0) is 14.3 Å². The lowest BCUT2D eigenvalue weighted by molar-refractivity contribution is -0.135. The highest BCUT2D eigenvalue weighted by molar-refractivity contribution is 8.18. The van der Waals surface area contributed by atoms with Gasteiger partial charge < -0.3 is 14.5 Å². The topological polar surface area (TPSA) is 70.2 Å². The van der Waals surface area contributed by atoms with Crippen LogP contribution in [0.4, 0.5) is 10.5 Å². The minimum absolute atomic E-state index is 0.142. The first-order chi connectivity index (χ1) is 15.0. The van der Waals surface area contributed by atoms with Gasteiger partial charge in [-0.2, -0.15) is 0 Å². The van der Waals surface area contributed by atoms with Crippen molar-refractivity contribution in [1.29, 1.82) is 0 Å². The highest BCUT2D eigenvalue weighted by atomic mass is 32.2. The molecule has 31 heavy (non-hydrogen) atoms. The van der Waals surface area contributed by atoms with Crippen molar-refractivity contribution < 1.29 is 19.1 Å². The molecule has 1 aromatic rings. The third-order valence-corrected chi connectivity index (χ3v) is 6.90. The molecule has 3 aliphatic heterocycles. The number of likely N-dealkylation sites (tertiary alicyclic amines) is 1. The molecule has 1 aromatic carbocycles. The Morgan fingerprint density at radius 3 is 2.45 bits per heavy atom. The smallest absolute Gasteiger partial charge is 0.294 e. The lowest BCUT2D eigenvalue weighted by Crippen LogP contribution is -2.42. The summed E-state index contributed by atoms with van der Waals surface area (Å²) in [4.78, 5) is 43.4. The molecule has 3 amide bonds. The van der Waals surface area contributed by atoms with Crippen molar-refractivity contribution in [3.8, 4) is 0 Å². The highest BCUT2D eigenvalue weighted by Crippen LogP contribution is 2.33. The molecule has 3 fully saturated rings. The Morgan fingerprint density at radius 1 is 1.06 bits per heavy atom. The van der Waals surface area contributed by atoms with Crippen molar-refractivity contribution in [2.45, 2.75) is 32.6 Å². The molecule has 4 rings (SSSR count). The molecule has 166 valence electrons. The zero-order chi connectivity index (χ0) is 21.8. The number of anilines is 1. The van der Waals surface area contributed by atoms with E-state index in [1.54, 1.807) is 11.0 Å². The number of morpholine rings is 1. The van der Waals surface area contributed by atoms with Gasteiger partial charge in [-0.25, -0.2) is 0 Å². The standard InChI is InChI=1S/C23H29N3O4S/c1-17-14-18(6-7-19(17)24-10-12-30-13-11-24)15-20-22(28)26(23(29)31-20)16-21(27)25-8-4-2-3-5-9-25/h6-7,14-15H,2-5,8-13,16H2,1H3. The normalized spacial score (nSPS) is 21.7. The van der Waals surface area contributed by atoms with Crippen LogP contribution in [0.25, 0.3) is 6.08 Å². The van der Waals surface area contributed by atoms with Crippen LogP contribution in [0.1, 0.15) is 36.8 Å². The summed E-state index contributed by atoms with van der Waals surface area (Å²) in [6.07, 6.45) is 5.95. The highest BCUT2D eigenvalue weighted by Gasteiger charge is 2.37. The van der Waals surface area contributed by atoms with Crippen molar-refractivity contribution >= 4 is 40.6 Å². The number of rotatable bonds is 4. The van der Waals surface area contributed by atoms with Crippen LogP contribution in [-0.4, -0.2) is 72.8 Å². The van der Waals surface area contributed by atoms with E-state index in [0.29, 0.717) is 18.0 Å². The van der Waals surface area contributed by atoms with Crippen LogP contribution in [0.3, 0.4) is 0 Å². The zero-order valence-electron chi connectivity index (χ0n) is 18.0. The van der Waals surface area contributed by atoms with Gasteiger partial charge in [-0.3, -0.25) is 19.3 Å². The Morgan fingerprint density at radius 2 is 1.77 bits per heavy atom. The van der Waals surface area contributed by atoms with E-state index in [2.05, 4.69) is 11.0 Å². The molecule has 0 radical (unpaired) electrons. The maximum atomic E-state index is 12.8. The SMILES string of the molecule is Cc1cc(C=C2SC(=O)N(CC(=O)N3CCCCCC3)C2=O)ccc1N1CCOCC1. The molecule has 0 aromatic heterocycles. The fourth-order valence-corrected chi connectivity index (χ4v) is 5.11. The molecule has 3 aliphatic rings. The fraction of sp³-hybridized carbons (Fsp3) is 0.522. The minimum Gasteiger partial charge on any atom is -0.378 e. The van der Waals surface area contributed by atoms with E-state index in [9.17, 15) is 14.4 Å². The minimum atomic E-state index is -0.381. The third-order valence-electron chi connectivity index (χ3n) is 6.00. The van der Waals surface area contributed by atoms with Crippen LogP contribution in [0.15, 0.2) is 23.1 Å². The number of hydrogen-bond donors (Lipinski definition) is 0. The van der Waals surface area contributed by atoms with Gasteiger partial charge in [-0.05, 0) is 60.9 Å². The van der Waals surface area contributed by atoms with Gasteiger partial charge in [0.05, 0.1) is 18.1 Å². The molecule has 0 aliphatic carbocycles. The second-order valence-electron chi connectivity index (χ2n) is 8.21. The lowest BCUT2D eigenvalue weighted by atomic mass is 10.1. The van der Waals surface area contributed by atoms with Crippen molar-refractivity contribution in [3.05, 3.63) is 34.2 Å². The molecular weight excluding hydrogens is 414 g/mol. The Balaban J connectivity index is 1.44. The predicted molar refractivity (Wildman–Crippen MR) is 122 cm³/mol. The average molecular weight is 444 g/mol. The van der Waals surface area contributed by atoms with Gasteiger partial charge in [-0.1, -0.05) is 18.9 Å². The first-order valence-corrected chi connectivity index (χ1v) is 11.8. The van der Waals surface area contributed by atoms with Crippen LogP contribution in [0, 0.1) is 6.92 Å². The van der Waals surface area contributed by atoms with Gasteiger partial charge in [0.1, 0.15) is 6.54 Å². The number of hydrogen-bond acceptors (Lipinski definition) is 6. The van der Waals surface area contributed by atoms with Crippen molar-refractivity contribution in [3.63, 3.8) is 0 Å². The van der Waals surface area contributed by atoms with E-state index in [1.807, 2.05) is 19.1 Å². The number of ether oxygens (including phenoxy) is 1. The molecule has 3 saturated heterocycles. The van der Waals surface area contributed by atoms with Gasteiger partial charge >= 0.3 is 0 Å². The number of aryl methyl sites for hydroxylation is 1. The summed E-state index contributed by atoms with van der Waals surface area (Å²) in [5, 5.41) is -0.374. The van der Waals surface area contributed by atoms with E-state index in [-0.39, 0.29) is 23.6 Å². The Hall–Kier alpha value is -2.32. The van der Waals surface area contributed by atoms with E-state index >= 15 is 0 Å². The summed E-state index contributed by atoms with van der Waals surface area (Å²) in [6, 6.07) is 6.05. The monoisotopic (exact) mass is 443 g/mol. The molecule has 0 atom stereocenters. The van der Waals surface area contributed by atoms with E-state index in [4.69, 9.17) is 4.74 Å². The summed E-state index contributed by atoms with van der Waals surface area (Å²) in [5.74, 6) is -0.524. The summed E-state index contributed by atoms with van der Waals surface area (Å²) in [7, 11) is 0. The summed E-state index contributed by atoms with van der Waals surface area (Å²) >= 11 is 0.908. The molecule has 8 heteroatoms. The number of amides is 3. The first-order valence-electron chi connectivity index (χ1n) is 11.0. The van der Waals surface area contributed by atoms with Gasteiger partial charge in [0.2, 0.25) is 5.91 Å². The zero-order valence-corrected chi connectivity index (χ0v) is 18.8. The van der Waals surface area contributed by atoms with Crippen LogP contribution >= 0.6 is 11.8 Å². The predicted octanol–water partition coefficient (Wildman–Crippen LogP) is 3.27. The second kappa shape index (κ2) is 9.87. The third kappa shape index (κ3) is 5.13. The molecular formula is C23H29N3O4S. The Labute approximate surface area is 187 Å². The summed E-state index contributed by atoms with van der Waals surface area (Å²) in [6.45, 7) is 6.48. The molecule has 0 N–H and O–H groups in total. The van der Waals surface area contributed by atoms with Gasteiger partial charge in [0, 0.05) is 31.9 Å². The molecule has 3 heterocycles. The largest absolute Gasteiger partial charge is 0.378 e. The summed E-state index contributed by atoms with van der Waals surface area (Å²) in [5.41, 5.74) is 3.15. The molecule has 0 unspecified atom stereocenters. The Kier molecular flexibility index (Phi) is 6.97.